The molecule has 1 fully saturated rings. The van der Waals surface area contributed by atoms with Gasteiger partial charge in [0, 0.05) is 36.7 Å². The molecule has 0 atom stereocenters. The number of nitro benzene ring substituents is 1. The predicted octanol–water partition coefficient (Wildman–Crippen LogP) is 1.64. The Morgan fingerprint density at radius 2 is 2.07 bits per heavy atom. The number of nitrogens with zero attached hydrogens (tertiary/aromatic N) is 4. The second-order valence-electron chi connectivity index (χ2n) is 6.28. The van der Waals surface area contributed by atoms with Gasteiger partial charge in [0.2, 0.25) is 21.8 Å². The minimum Gasteiger partial charge on any atom is -0.403 e. The number of non-ortho nitro benzene ring substituents is 1. The first-order chi connectivity index (χ1) is 13.3. The van der Waals surface area contributed by atoms with Gasteiger partial charge in [-0.1, -0.05) is 11.2 Å². The highest BCUT2D eigenvalue weighted by molar-refractivity contribution is 7.89. The van der Waals surface area contributed by atoms with Gasteiger partial charge in [-0.25, -0.2) is 12.7 Å². The van der Waals surface area contributed by atoms with E-state index in [4.69, 9.17) is 4.42 Å². The first-order valence-electron chi connectivity index (χ1n) is 8.67. The topological polar surface area (TPSA) is 149 Å². The normalized spacial score (nSPS) is 16.0. The van der Waals surface area contributed by atoms with Crippen molar-refractivity contribution in [1.82, 2.24) is 14.5 Å². The zero-order valence-electron chi connectivity index (χ0n) is 15.1. The van der Waals surface area contributed by atoms with Gasteiger partial charge in [0.25, 0.3) is 5.69 Å². The Morgan fingerprint density at radius 3 is 2.71 bits per heavy atom. The van der Waals surface area contributed by atoms with E-state index in [0.29, 0.717) is 18.4 Å². The number of carbonyl (C=O) groups excluding carboxylic acids is 1. The fourth-order valence-electron chi connectivity index (χ4n) is 2.93. The Labute approximate surface area is 160 Å². The average Bonchev–Trinajstić information content (AvgIpc) is 3.16. The third-order valence-electron chi connectivity index (χ3n) is 4.54. The van der Waals surface area contributed by atoms with E-state index >= 15 is 0 Å². The van der Waals surface area contributed by atoms with E-state index in [1.54, 1.807) is 13.0 Å². The smallest absolute Gasteiger partial charge is 0.322 e. The lowest BCUT2D eigenvalue weighted by Crippen LogP contribution is -2.42. The Hall–Kier alpha value is -2.86. The van der Waals surface area contributed by atoms with E-state index in [2.05, 4.69) is 15.5 Å². The van der Waals surface area contributed by atoms with Crippen molar-refractivity contribution in [2.45, 2.75) is 19.8 Å². The number of piperidine rings is 1. The van der Waals surface area contributed by atoms with E-state index in [-0.39, 0.29) is 48.3 Å². The van der Waals surface area contributed by atoms with Gasteiger partial charge in [0.05, 0.1) is 10.7 Å². The summed E-state index contributed by atoms with van der Waals surface area (Å²) < 4.78 is 30.5. The van der Waals surface area contributed by atoms with Crippen molar-refractivity contribution < 1.29 is 22.6 Å². The Morgan fingerprint density at radius 1 is 1.36 bits per heavy atom. The van der Waals surface area contributed by atoms with Crippen LogP contribution in [-0.2, 0) is 14.8 Å². The Kier molecular flexibility index (Phi) is 5.70. The fourth-order valence-corrected chi connectivity index (χ4v) is 4.06. The molecular weight excluding hydrogens is 390 g/mol. The molecule has 11 nitrogen and oxygen atoms in total. The van der Waals surface area contributed by atoms with Gasteiger partial charge in [-0.05, 0) is 25.8 Å². The lowest BCUT2D eigenvalue weighted by atomic mass is 9.97. The number of anilines is 1. The molecule has 0 unspecified atom stereocenters. The Balaban J connectivity index is 1.62. The number of carbonyl (C=O) groups is 1. The quantitative estimate of drug-likeness (QED) is 0.559. The van der Waals surface area contributed by atoms with Crippen LogP contribution in [0.3, 0.4) is 0 Å². The molecule has 0 radical (unpaired) electrons. The molecule has 150 valence electrons. The van der Waals surface area contributed by atoms with Crippen LogP contribution in [0.25, 0.3) is 11.5 Å². The number of benzene rings is 1. The molecular formula is C16H19N5O6S. The maximum Gasteiger partial charge on any atom is 0.322 e. The number of hydrogen-bond acceptors (Lipinski definition) is 8. The molecule has 0 bridgehead atoms. The van der Waals surface area contributed by atoms with Gasteiger partial charge in [0.1, 0.15) is 0 Å². The van der Waals surface area contributed by atoms with Crippen molar-refractivity contribution in [2.75, 3.05) is 24.2 Å². The van der Waals surface area contributed by atoms with Gasteiger partial charge in [-0.2, -0.15) is 0 Å². The molecule has 12 heteroatoms. The first kappa shape index (κ1) is 19.9. The molecule has 2 heterocycles. The molecule has 1 aromatic carbocycles. The van der Waals surface area contributed by atoms with Crippen LogP contribution in [0.5, 0.6) is 0 Å². The van der Waals surface area contributed by atoms with Gasteiger partial charge in [-0.15, -0.1) is 5.10 Å². The van der Waals surface area contributed by atoms with Gasteiger partial charge >= 0.3 is 6.01 Å². The number of nitrogens with one attached hydrogen (secondary N) is 1. The molecule has 1 aliphatic rings. The fraction of sp³-hybridized carbons (Fsp3) is 0.438. The van der Waals surface area contributed by atoms with Crippen molar-refractivity contribution in [3.8, 4) is 11.5 Å². The second-order valence-corrected chi connectivity index (χ2v) is 8.54. The number of hydrogen-bond donors (Lipinski definition) is 1. The van der Waals surface area contributed by atoms with Crippen molar-refractivity contribution in [3.05, 3.63) is 34.4 Å². The lowest BCUT2D eigenvalue weighted by Gasteiger charge is -2.29. The van der Waals surface area contributed by atoms with Crippen molar-refractivity contribution >= 4 is 27.6 Å². The van der Waals surface area contributed by atoms with E-state index in [1.165, 1.54) is 22.5 Å². The molecule has 1 saturated heterocycles. The monoisotopic (exact) mass is 409 g/mol. The highest BCUT2D eigenvalue weighted by Gasteiger charge is 2.30. The van der Waals surface area contributed by atoms with Crippen LogP contribution >= 0.6 is 0 Å². The summed E-state index contributed by atoms with van der Waals surface area (Å²) in [5.41, 5.74) is 0.246. The molecule has 0 saturated carbocycles. The third-order valence-corrected chi connectivity index (χ3v) is 6.42. The first-order valence-corrected chi connectivity index (χ1v) is 10.3. The van der Waals surface area contributed by atoms with E-state index in [1.807, 2.05) is 0 Å². The molecule has 2 aromatic rings. The molecule has 28 heavy (non-hydrogen) atoms. The number of sulfonamides is 1. The van der Waals surface area contributed by atoms with E-state index in [9.17, 15) is 23.3 Å². The zero-order chi connectivity index (χ0) is 20.3. The highest BCUT2D eigenvalue weighted by Crippen LogP contribution is 2.25. The van der Waals surface area contributed by atoms with Crippen LogP contribution in [0.1, 0.15) is 19.8 Å². The van der Waals surface area contributed by atoms with E-state index < -0.39 is 14.9 Å². The van der Waals surface area contributed by atoms with Crippen LogP contribution in [-0.4, -0.2) is 52.6 Å². The minimum absolute atomic E-state index is 0.0340. The summed E-state index contributed by atoms with van der Waals surface area (Å²) in [5.74, 6) is -0.617. The SMILES string of the molecule is CCS(=O)(=O)N1CCC(C(=O)Nc2nnc(-c3cccc([N+](=O)[O-])c3)o2)CC1. The summed E-state index contributed by atoms with van der Waals surface area (Å²) >= 11 is 0. The minimum atomic E-state index is -3.25. The predicted molar refractivity (Wildman–Crippen MR) is 98.8 cm³/mol. The standard InChI is InChI=1S/C16H19N5O6S/c1-2-28(25,26)20-8-6-11(7-9-20)14(22)17-16-19-18-15(27-16)12-4-3-5-13(10-12)21(23)24/h3-5,10-11H,2,6-9H2,1H3,(H,17,19,22). The summed E-state index contributed by atoms with van der Waals surface area (Å²) in [7, 11) is -3.25. The summed E-state index contributed by atoms with van der Waals surface area (Å²) in [6, 6.07) is 5.59. The third kappa shape index (κ3) is 4.34. The van der Waals surface area contributed by atoms with Crippen molar-refractivity contribution in [2.24, 2.45) is 5.92 Å². The number of aromatic nitrogens is 2. The second kappa shape index (κ2) is 8.02. The molecule has 1 aliphatic heterocycles. The average molecular weight is 409 g/mol. The molecule has 1 N–H and O–H groups in total. The van der Waals surface area contributed by atoms with Gasteiger partial charge in [-0.3, -0.25) is 20.2 Å². The summed E-state index contributed by atoms with van der Waals surface area (Å²) in [4.78, 5) is 22.7. The largest absolute Gasteiger partial charge is 0.403 e. The van der Waals surface area contributed by atoms with Crippen LogP contribution in [0.2, 0.25) is 0 Å². The van der Waals surface area contributed by atoms with Crippen molar-refractivity contribution in [1.29, 1.82) is 0 Å². The van der Waals surface area contributed by atoms with Crippen LogP contribution < -0.4 is 5.32 Å². The summed E-state index contributed by atoms with van der Waals surface area (Å²) in [6.45, 7) is 2.16. The molecule has 0 aliphatic carbocycles. The van der Waals surface area contributed by atoms with E-state index in [0.717, 1.165) is 0 Å². The van der Waals surface area contributed by atoms with Gasteiger partial charge in [0.15, 0.2) is 0 Å². The lowest BCUT2D eigenvalue weighted by molar-refractivity contribution is -0.384. The summed E-state index contributed by atoms with van der Waals surface area (Å²) in [6.07, 6.45) is 0.799. The number of rotatable bonds is 6. The summed E-state index contributed by atoms with van der Waals surface area (Å²) in [5, 5.41) is 20.9. The molecule has 3 rings (SSSR count). The maximum atomic E-state index is 12.4. The zero-order valence-corrected chi connectivity index (χ0v) is 15.9. The maximum absolute atomic E-state index is 12.4. The molecule has 0 spiro atoms. The van der Waals surface area contributed by atoms with Gasteiger partial charge < -0.3 is 4.42 Å². The van der Waals surface area contributed by atoms with Crippen LogP contribution in [0.4, 0.5) is 11.7 Å². The Bertz CT molecular complexity index is 981. The molecule has 1 amide bonds. The number of nitro groups is 1. The molecule has 1 aromatic heterocycles. The highest BCUT2D eigenvalue weighted by atomic mass is 32.2. The van der Waals surface area contributed by atoms with Crippen molar-refractivity contribution in [3.63, 3.8) is 0 Å². The number of amides is 1. The van der Waals surface area contributed by atoms with Crippen LogP contribution in [0, 0.1) is 16.0 Å². The van der Waals surface area contributed by atoms with Crippen LogP contribution in [0.15, 0.2) is 28.7 Å².